The molecule has 2 rings (SSSR count). The van der Waals surface area contributed by atoms with Crippen LogP contribution in [-0.2, 0) is 4.79 Å². The Kier molecular flexibility index (Phi) is 6.60. The molecule has 1 heterocycles. The van der Waals surface area contributed by atoms with E-state index < -0.39 is 0 Å². The van der Waals surface area contributed by atoms with Crippen LogP contribution in [-0.4, -0.2) is 16.6 Å². The summed E-state index contributed by atoms with van der Waals surface area (Å²) in [5, 5.41) is 21.4. The first kappa shape index (κ1) is 19.3. The Labute approximate surface area is 157 Å². The van der Waals surface area contributed by atoms with E-state index in [0.717, 1.165) is 29.4 Å². The average Bonchev–Trinajstić information content (AvgIpc) is 2.66. The van der Waals surface area contributed by atoms with Crippen LogP contribution in [0.4, 0.5) is 11.5 Å². The topological polar surface area (TPSA) is 116 Å². The standard InChI is InChI=1S/C19H19N5OS/c1-3-12(2)15-6-4-5-7-16(15)23-17(25)11-26-19-14(10-21)8-13(9-20)18(22)24-19/h4-8,12H,3,11H2,1-2H3,(H2,22,24)(H,23,25)/t12-/m0/s1. The quantitative estimate of drug-likeness (QED) is 0.755. The summed E-state index contributed by atoms with van der Waals surface area (Å²) < 4.78 is 0. The van der Waals surface area contributed by atoms with Crippen LogP contribution in [0.2, 0.25) is 0 Å². The fourth-order valence-corrected chi connectivity index (χ4v) is 3.13. The molecule has 0 bridgehead atoms. The summed E-state index contributed by atoms with van der Waals surface area (Å²) in [5.41, 5.74) is 7.96. The number of nitrogen functional groups attached to an aromatic ring is 1. The zero-order valence-corrected chi connectivity index (χ0v) is 15.4. The molecule has 0 radical (unpaired) electrons. The van der Waals surface area contributed by atoms with Crippen LogP contribution in [0.25, 0.3) is 0 Å². The van der Waals surface area contributed by atoms with Gasteiger partial charge in [0.15, 0.2) is 0 Å². The van der Waals surface area contributed by atoms with Gasteiger partial charge >= 0.3 is 0 Å². The van der Waals surface area contributed by atoms with Gasteiger partial charge in [-0.2, -0.15) is 10.5 Å². The molecule has 26 heavy (non-hydrogen) atoms. The summed E-state index contributed by atoms with van der Waals surface area (Å²) in [6.07, 6.45) is 0.974. The lowest BCUT2D eigenvalue weighted by Gasteiger charge is -2.15. The summed E-state index contributed by atoms with van der Waals surface area (Å²) >= 11 is 1.12. The molecule has 0 aliphatic carbocycles. The molecule has 1 aromatic heterocycles. The van der Waals surface area contributed by atoms with Crippen molar-refractivity contribution in [1.82, 2.24) is 4.98 Å². The van der Waals surface area contributed by atoms with Gasteiger partial charge in [-0.25, -0.2) is 4.98 Å². The smallest absolute Gasteiger partial charge is 0.234 e. The maximum absolute atomic E-state index is 12.3. The predicted octanol–water partition coefficient (Wildman–Crippen LogP) is 3.65. The van der Waals surface area contributed by atoms with Gasteiger partial charge in [0.2, 0.25) is 5.91 Å². The molecule has 1 aromatic carbocycles. The fourth-order valence-electron chi connectivity index (χ4n) is 2.37. The number of anilines is 2. The Bertz CT molecular complexity index is 898. The average molecular weight is 365 g/mol. The van der Waals surface area contributed by atoms with Crippen LogP contribution in [0.15, 0.2) is 35.4 Å². The van der Waals surface area contributed by atoms with Crippen molar-refractivity contribution in [1.29, 1.82) is 10.5 Å². The highest BCUT2D eigenvalue weighted by molar-refractivity contribution is 8.00. The first-order valence-corrected chi connectivity index (χ1v) is 9.11. The second kappa shape index (κ2) is 8.89. The normalized spacial score (nSPS) is 11.2. The molecule has 6 nitrogen and oxygen atoms in total. The first-order chi connectivity index (χ1) is 12.5. The van der Waals surface area contributed by atoms with Crippen molar-refractivity contribution in [3.8, 4) is 12.1 Å². The summed E-state index contributed by atoms with van der Waals surface area (Å²) in [6, 6.07) is 13.0. The van der Waals surface area contributed by atoms with Gasteiger partial charge in [0, 0.05) is 5.69 Å². The highest BCUT2D eigenvalue weighted by Gasteiger charge is 2.14. The molecule has 0 aliphatic rings. The van der Waals surface area contributed by atoms with Crippen molar-refractivity contribution >= 4 is 29.2 Å². The number of rotatable bonds is 6. The van der Waals surface area contributed by atoms with Gasteiger partial charge < -0.3 is 11.1 Å². The summed E-state index contributed by atoms with van der Waals surface area (Å²) in [6.45, 7) is 4.21. The fraction of sp³-hybridized carbons (Fsp3) is 0.263. The van der Waals surface area contributed by atoms with Gasteiger partial charge in [0.05, 0.1) is 16.9 Å². The van der Waals surface area contributed by atoms with E-state index in [1.807, 2.05) is 36.4 Å². The van der Waals surface area contributed by atoms with Gasteiger partial charge in [-0.15, -0.1) is 0 Å². The van der Waals surface area contributed by atoms with Gasteiger partial charge in [-0.1, -0.05) is 43.8 Å². The van der Waals surface area contributed by atoms with E-state index in [1.54, 1.807) is 0 Å². The molecule has 3 N–H and O–H groups in total. The molecule has 0 saturated heterocycles. The van der Waals surface area contributed by atoms with E-state index in [2.05, 4.69) is 24.1 Å². The highest BCUT2D eigenvalue weighted by atomic mass is 32.2. The largest absolute Gasteiger partial charge is 0.383 e. The first-order valence-electron chi connectivity index (χ1n) is 8.12. The zero-order valence-electron chi connectivity index (χ0n) is 14.6. The molecule has 2 aromatic rings. The van der Waals surface area contributed by atoms with E-state index >= 15 is 0 Å². The number of nitriles is 2. The van der Waals surface area contributed by atoms with Crippen LogP contribution in [0.3, 0.4) is 0 Å². The SMILES string of the molecule is CC[C@H](C)c1ccccc1NC(=O)CSc1nc(N)c(C#N)cc1C#N. The number of para-hydroxylation sites is 1. The summed E-state index contributed by atoms with van der Waals surface area (Å²) in [7, 11) is 0. The van der Waals surface area contributed by atoms with Gasteiger partial charge in [0.1, 0.15) is 23.0 Å². The molecule has 1 atom stereocenters. The summed E-state index contributed by atoms with van der Waals surface area (Å²) in [4.78, 5) is 16.4. The van der Waals surface area contributed by atoms with Crippen molar-refractivity contribution in [2.75, 3.05) is 16.8 Å². The van der Waals surface area contributed by atoms with E-state index in [4.69, 9.17) is 11.0 Å². The van der Waals surface area contributed by atoms with Gasteiger partial charge in [-0.3, -0.25) is 4.79 Å². The molecule has 7 heteroatoms. The Morgan fingerprint density at radius 3 is 2.65 bits per heavy atom. The van der Waals surface area contributed by atoms with Crippen LogP contribution in [0, 0.1) is 22.7 Å². The molecule has 0 spiro atoms. The van der Waals surface area contributed by atoms with Crippen LogP contribution < -0.4 is 11.1 Å². The van der Waals surface area contributed by atoms with Crippen LogP contribution >= 0.6 is 11.8 Å². The van der Waals surface area contributed by atoms with Crippen molar-refractivity contribution in [3.63, 3.8) is 0 Å². The van der Waals surface area contributed by atoms with E-state index in [0.29, 0.717) is 10.9 Å². The number of thioether (sulfide) groups is 1. The summed E-state index contributed by atoms with van der Waals surface area (Å²) in [5.74, 6) is 0.280. The molecule has 0 fully saturated rings. The third-order valence-corrected chi connectivity index (χ3v) is 4.97. The van der Waals surface area contributed by atoms with Gasteiger partial charge in [0.25, 0.3) is 0 Å². The third kappa shape index (κ3) is 4.53. The Hall–Kier alpha value is -3.03. The van der Waals surface area contributed by atoms with E-state index in [1.165, 1.54) is 6.07 Å². The number of hydrogen-bond acceptors (Lipinski definition) is 6. The van der Waals surface area contributed by atoms with Crippen molar-refractivity contribution in [2.24, 2.45) is 0 Å². The number of carbonyl (C=O) groups is 1. The number of benzene rings is 1. The Morgan fingerprint density at radius 1 is 1.31 bits per heavy atom. The lowest BCUT2D eigenvalue weighted by molar-refractivity contribution is -0.113. The van der Waals surface area contributed by atoms with E-state index in [9.17, 15) is 10.1 Å². The molecule has 0 unspecified atom stereocenters. The number of hydrogen-bond donors (Lipinski definition) is 2. The number of nitrogens with zero attached hydrogens (tertiary/aromatic N) is 3. The van der Waals surface area contributed by atoms with Gasteiger partial charge in [-0.05, 0) is 30.0 Å². The minimum atomic E-state index is -0.195. The minimum Gasteiger partial charge on any atom is -0.383 e. The maximum atomic E-state index is 12.3. The third-order valence-electron chi connectivity index (χ3n) is 3.98. The monoisotopic (exact) mass is 365 g/mol. The Morgan fingerprint density at radius 2 is 2.00 bits per heavy atom. The number of carbonyl (C=O) groups excluding carboxylic acids is 1. The number of amides is 1. The lowest BCUT2D eigenvalue weighted by atomic mass is 9.97. The molecule has 1 amide bonds. The molecular weight excluding hydrogens is 346 g/mol. The van der Waals surface area contributed by atoms with Crippen LogP contribution in [0.5, 0.6) is 0 Å². The zero-order chi connectivity index (χ0) is 19.1. The van der Waals surface area contributed by atoms with Crippen molar-refractivity contribution in [3.05, 3.63) is 47.0 Å². The Balaban J connectivity index is 2.10. The highest BCUT2D eigenvalue weighted by Crippen LogP contribution is 2.27. The molecule has 0 saturated carbocycles. The maximum Gasteiger partial charge on any atom is 0.234 e. The lowest BCUT2D eigenvalue weighted by Crippen LogP contribution is -2.16. The number of nitrogens with two attached hydrogens (primary N) is 1. The molecule has 132 valence electrons. The predicted molar refractivity (Wildman–Crippen MR) is 103 cm³/mol. The number of aromatic nitrogens is 1. The number of nitrogens with one attached hydrogen (secondary N) is 1. The molecule has 0 aliphatic heterocycles. The number of pyridine rings is 1. The second-order valence-corrected chi connectivity index (χ2v) is 6.69. The second-order valence-electron chi connectivity index (χ2n) is 5.73. The van der Waals surface area contributed by atoms with Crippen molar-refractivity contribution in [2.45, 2.75) is 31.2 Å². The molecular formula is C19H19N5OS. The van der Waals surface area contributed by atoms with E-state index in [-0.39, 0.29) is 28.6 Å². The minimum absolute atomic E-state index is 0.0523. The van der Waals surface area contributed by atoms with Crippen LogP contribution in [0.1, 0.15) is 42.9 Å². The van der Waals surface area contributed by atoms with Crippen molar-refractivity contribution < 1.29 is 4.79 Å².